The van der Waals surface area contributed by atoms with Gasteiger partial charge in [-0.3, -0.25) is 0 Å². The molecule has 4 heteroatoms. The summed E-state index contributed by atoms with van der Waals surface area (Å²) in [6.45, 7) is 3.88. The van der Waals surface area contributed by atoms with Crippen molar-refractivity contribution in [3.05, 3.63) is 17.7 Å². The number of hydrogen-bond donors (Lipinski definition) is 0. The number of ether oxygens (including phenoxy) is 1. The summed E-state index contributed by atoms with van der Waals surface area (Å²) in [5.41, 5.74) is 8.05. The van der Waals surface area contributed by atoms with Crippen LogP contribution in [-0.4, -0.2) is 23.1 Å². The monoisotopic (exact) mass is 196 g/mol. The maximum atomic E-state index is 10.8. The van der Waals surface area contributed by atoms with E-state index in [1.54, 1.807) is 6.92 Å². The molecule has 0 saturated carbocycles. The number of carbonyl (C=O) groups is 1. The van der Waals surface area contributed by atoms with E-state index in [9.17, 15) is 4.79 Å². The molecule has 0 fully saturated rings. The van der Waals surface area contributed by atoms with Gasteiger partial charge in [0.05, 0.1) is 0 Å². The molecule has 0 N–H and O–H groups in total. The maximum absolute atomic E-state index is 10.8. The van der Waals surface area contributed by atoms with Crippen LogP contribution in [0.4, 0.5) is 0 Å². The highest BCUT2D eigenvalue weighted by molar-refractivity contribution is 6.20. The maximum Gasteiger partial charge on any atom is 0.414 e. The first-order chi connectivity index (χ1) is 6.70. The second-order valence-corrected chi connectivity index (χ2v) is 2.96. The molecule has 1 atom stereocenters. The van der Waals surface area contributed by atoms with Crippen molar-refractivity contribution in [2.75, 3.05) is 0 Å². The summed E-state index contributed by atoms with van der Waals surface area (Å²) in [6, 6.07) is 0. The molecule has 0 radical (unpaired) electrons. The molecule has 0 aromatic rings. The van der Waals surface area contributed by atoms with Gasteiger partial charge in [0.1, 0.15) is 6.10 Å². The molecule has 0 bridgehead atoms. The zero-order valence-corrected chi connectivity index (χ0v) is 8.64. The van der Waals surface area contributed by atoms with Gasteiger partial charge in [-0.1, -0.05) is 25.8 Å². The van der Waals surface area contributed by atoms with Gasteiger partial charge in [-0.15, -0.1) is 0 Å². The van der Waals surface area contributed by atoms with Gasteiger partial charge in [0.15, 0.2) is 0 Å². The molecule has 0 saturated heterocycles. The molecular formula is C10H16N2O2. The summed E-state index contributed by atoms with van der Waals surface area (Å²) < 4.78 is 4.84. The Kier molecular flexibility index (Phi) is 7.37. The Morgan fingerprint density at radius 2 is 2.36 bits per heavy atom. The summed E-state index contributed by atoms with van der Waals surface area (Å²) in [4.78, 5) is 13.4. The van der Waals surface area contributed by atoms with Crippen LogP contribution in [-0.2, 0) is 9.53 Å². The minimum Gasteiger partial charge on any atom is -0.450 e. The number of rotatable bonds is 6. The third-order valence-electron chi connectivity index (χ3n) is 1.60. The Labute approximate surface area is 84.2 Å². The van der Waals surface area contributed by atoms with Crippen LogP contribution >= 0.6 is 0 Å². The fraction of sp³-hybridized carbons (Fsp3) is 0.600. The molecule has 0 aliphatic carbocycles. The molecule has 0 unspecified atom stereocenters. The lowest BCUT2D eigenvalue weighted by atomic mass is 10.2. The molecule has 0 aliphatic rings. The van der Waals surface area contributed by atoms with Crippen LogP contribution in [0.3, 0.4) is 0 Å². The Hall–Kier alpha value is -1.41. The molecule has 0 rings (SSSR count). The van der Waals surface area contributed by atoms with E-state index in [1.807, 2.05) is 12.2 Å². The van der Waals surface area contributed by atoms with Gasteiger partial charge < -0.3 is 10.3 Å². The van der Waals surface area contributed by atoms with Gasteiger partial charge in [-0.25, -0.2) is 4.79 Å². The van der Waals surface area contributed by atoms with Crippen LogP contribution in [0.2, 0.25) is 0 Å². The minimum absolute atomic E-state index is 0.280. The van der Waals surface area contributed by atoms with Crippen molar-refractivity contribution in [1.29, 1.82) is 0 Å². The predicted octanol–water partition coefficient (Wildman–Crippen LogP) is 1.97. The Bertz CT molecular complexity index is 243. The number of esters is 1. The van der Waals surface area contributed by atoms with E-state index < -0.39 is 5.97 Å². The molecule has 0 aromatic heterocycles. The fourth-order valence-electron chi connectivity index (χ4n) is 0.910. The molecule has 0 spiro atoms. The first kappa shape index (κ1) is 12.6. The van der Waals surface area contributed by atoms with E-state index in [4.69, 9.17) is 10.3 Å². The quantitative estimate of drug-likeness (QED) is 0.163. The van der Waals surface area contributed by atoms with Gasteiger partial charge in [-0.2, -0.15) is 4.79 Å². The third kappa shape index (κ3) is 7.25. The van der Waals surface area contributed by atoms with Crippen LogP contribution in [0.5, 0.6) is 0 Å². The van der Waals surface area contributed by atoms with E-state index in [2.05, 4.69) is 11.7 Å². The van der Waals surface area contributed by atoms with Crippen molar-refractivity contribution in [3.63, 3.8) is 0 Å². The van der Waals surface area contributed by atoms with Crippen LogP contribution in [0.15, 0.2) is 12.2 Å². The highest BCUT2D eigenvalue weighted by Crippen LogP contribution is 1.98. The van der Waals surface area contributed by atoms with Gasteiger partial charge >= 0.3 is 12.2 Å². The molecule has 78 valence electrons. The van der Waals surface area contributed by atoms with Crippen LogP contribution in [0, 0.1) is 0 Å². The topological polar surface area (TPSA) is 62.7 Å². The highest BCUT2D eigenvalue weighted by atomic mass is 16.5. The van der Waals surface area contributed by atoms with Gasteiger partial charge in [-0.05, 0) is 19.4 Å². The summed E-state index contributed by atoms with van der Waals surface area (Å²) in [5.74, 6) is -0.639. The lowest BCUT2D eigenvalue weighted by molar-refractivity contribution is -0.141. The molecule has 0 aliphatic heterocycles. The summed E-state index contributed by atoms with van der Waals surface area (Å²) >= 11 is 0. The molecule has 14 heavy (non-hydrogen) atoms. The number of unbranched alkanes of at least 4 members (excludes halogenated alkanes) is 2. The Morgan fingerprint density at radius 3 is 2.93 bits per heavy atom. The lowest BCUT2D eigenvalue weighted by Gasteiger charge is -2.03. The van der Waals surface area contributed by atoms with Gasteiger partial charge in [0.25, 0.3) is 0 Å². The first-order valence-electron chi connectivity index (χ1n) is 4.75. The summed E-state index contributed by atoms with van der Waals surface area (Å²) in [5, 5.41) is 0. The average Bonchev–Trinajstić information content (AvgIpc) is 2.13. The van der Waals surface area contributed by atoms with Gasteiger partial charge in [0.2, 0.25) is 0 Å². The zero-order valence-electron chi connectivity index (χ0n) is 8.64. The van der Waals surface area contributed by atoms with Crippen LogP contribution < -0.4 is 0 Å². The molecule has 4 nitrogen and oxygen atoms in total. The van der Waals surface area contributed by atoms with E-state index >= 15 is 0 Å². The molecular weight excluding hydrogens is 180 g/mol. The second kappa shape index (κ2) is 8.20. The highest BCUT2D eigenvalue weighted by Gasteiger charge is 2.06. The van der Waals surface area contributed by atoms with Crippen molar-refractivity contribution in [3.8, 4) is 0 Å². The van der Waals surface area contributed by atoms with Gasteiger partial charge in [0, 0.05) is 0 Å². The zero-order chi connectivity index (χ0) is 10.8. The number of carbonyl (C=O) groups excluding carboxylic acids is 1. The van der Waals surface area contributed by atoms with Crippen molar-refractivity contribution < 1.29 is 14.3 Å². The van der Waals surface area contributed by atoms with Crippen molar-refractivity contribution in [2.45, 2.75) is 39.2 Å². The van der Waals surface area contributed by atoms with E-state index in [0.29, 0.717) is 0 Å². The normalized spacial score (nSPS) is 12.1. The van der Waals surface area contributed by atoms with E-state index in [-0.39, 0.29) is 6.10 Å². The number of hydrogen-bond acceptors (Lipinski definition) is 2. The largest absolute Gasteiger partial charge is 0.450 e. The van der Waals surface area contributed by atoms with Crippen molar-refractivity contribution in [1.82, 2.24) is 0 Å². The molecule has 0 heterocycles. The average molecular weight is 196 g/mol. The standard InChI is InChI=1S/C10H16N2O2/c1-3-4-5-6-7-9(2)14-10(13)8-12-11/h6-9H,3-5H2,1-2H3/b7-6-/t9-/m0/s1. The third-order valence-corrected chi connectivity index (χ3v) is 1.60. The fourth-order valence-corrected chi connectivity index (χ4v) is 0.910. The number of allylic oxidation sites excluding steroid dienone is 1. The Balaban J connectivity index is 3.73. The lowest BCUT2D eigenvalue weighted by Crippen LogP contribution is -2.13. The second-order valence-electron chi connectivity index (χ2n) is 2.96. The summed E-state index contributed by atoms with van der Waals surface area (Å²) in [7, 11) is 0. The summed E-state index contributed by atoms with van der Waals surface area (Å²) in [6.07, 6.45) is 7.53. The van der Waals surface area contributed by atoms with Crippen molar-refractivity contribution in [2.24, 2.45) is 0 Å². The van der Waals surface area contributed by atoms with E-state index in [0.717, 1.165) is 25.5 Å². The molecule has 0 amide bonds. The van der Waals surface area contributed by atoms with E-state index in [1.165, 1.54) is 0 Å². The van der Waals surface area contributed by atoms with Crippen molar-refractivity contribution >= 4 is 12.2 Å². The SMILES string of the molecule is CCCC/C=C\[C@H](C)OC(=O)C=[N+]=[N-]. The first-order valence-corrected chi connectivity index (χ1v) is 4.75. The molecule has 0 aromatic carbocycles. The van der Waals surface area contributed by atoms with Crippen LogP contribution in [0.1, 0.15) is 33.1 Å². The smallest absolute Gasteiger partial charge is 0.414 e. The number of nitrogens with zero attached hydrogens (tertiary/aromatic N) is 2. The van der Waals surface area contributed by atoms with Crippen LogP contribution in [0.25, 0.3) is 5.53 Å². The minimum atomic E-state index is -0.639. The Morgan fingerprint density at radius 1 is 1.64 bits per heavy atom. The predicted molar refractivity (Wildman–Crippen MR) is 53.9 cm³/mol.